The summed E-state index contributed by atoms with van der Waals surface area (Å²) in [5.41, 5.74) is 4.73. The number of hydrogen-bond donors (Lipinski definition) is 2. The van der Waals surface area contributed by atoms with Crippen LogP contribution in [0.1, 0.15) is 12.5 Å². The largest absolute Gasteiger partial charge is 0.499 e. The van der Waals surface area contributed by atoms with E-state index in [9.17, 15) is 27.1 Å². The molecule has 0 unspecified atom stereocenters. The minimum Gasteiger partial charge on any atom is -0.426 e. The molecular weight excluding hydrogens is 547 g/mol. The van der Waals surface area contributed by atoms with Gasteiger partial charge in [-0.2, -0.15) is 27.4 Å². The van der Waals surface area contributed by atoms with Crippen molar-refractivity contribution in [2.45, 2.75) is 56.5 Å². The average molecular weight is 575 g/mol. The van der Waals surface area contributed by atoms with E-state index in [0.29, 0.717) is 23.6 Å². The van der Waals surface area contributed by atoms with Crippen molar-refractivity contribution in [2.75, 3.05) is 14.2 Å². The zero-order chi connectivity index (χ0) is 29.1. The highest BCUT2D eigenvalue weighted by Gasteiger charge is 2.61. The molecule has 0 amide bonds. The summed E-state index contributed by atoms with van der Waals surface area (Å²) in [6.07, 6.45) is -13.3. The first-order valence-electron chi connectivity index (χ1n) is 12.0. The van der Waals surface area contributed by atoms with Crippen LogP contribution in [0, 0.1) is 0 Å². The predicted octanol–water partition coefficient (Wildman–Crippen LogP) is 3.63. The standard InChI is InChI=1S/C25H27F5N4O6/c1-14-19(35)20(36-2)21(37-3)23(38-14)40-32-12-15-4-6-16(7-5-15)22-31-13-34(33-22)17-8-10-18(11-9-17)39-25(29,30)24(26,27)28/h4-11,13-14,19-21,23,32,35H,12H2,1-3H3/t14-,19-,20+,21+,23-/m0/s1. The van der Waals surface area contributed by atoms with Gasteiger partial charge in [-0.05, 0) is 36.8 Å². The number of nitrogens with zero attached hydrogens (tertiary/aromatic N) is 3. The molecule has 0 radical (unpaired) electrons. The molecule has 5 atom stereocenters. The Morgan fingerprint density at radius 1 is 0.975 bits per heavy atom. The number of ether oxygens (including phenoxy) is 4. The van der Waals surface area contributed by atoms with Gasteiger partial charge < -0.3 is 24.1 Å². The minimum atomic E-state index is -5.83. The topological polar surface area (TPSA) is 109 Å². The minimum absolute atomic E-state index is 0.314. The zero-order valence-corrected chi connectivity index (χ0v) is 21.5. The van der Waals surface area contributed by atoms with Crippen molar-refractivity contribution >= 4 is 0 Å². The molecule has 1 aromatic heterocycles. The number of aliphatic hydroxyl groups is 1. The Morgan fingerprint density at radius 2 is 1.62 bits per heavy atom. The van der Waals surface area contributed by atoms with Gasteiger partial charge in [-0.15, -0.1) is 5.10 Å². The number of aromatic nitrogens is 3. The molecule has 0 saturated carbocycles. The Bertz CT molecular complexity index is 1240. The molecule has 0 bridgehead atoms. The predicted molar refractivity (Wildman–Crippen MR) is 128 cm³/mol. The third kappa shape index (κ3) is 6.56. The lowest BCUT2D eigenvalue weighted by Gasteiger charge is -2.41. The summed E-state index contributed by atoms with van der Waals surface area (Å²) in [5.74, 6) is -0.297. The second-order valence-electron chi connectivity index (χ2n) is 8.86. The Kier molecular flexibility index (Phi) is 9.02. The second kappa shape index (κ2) is 12.1. The maximum absolute atomic E-state index is 13.1. The summed E-state index contributed by atoms with van der Waals surface area (Å²) in [4.78, 5) is 9.86. The molecule has 15 heteroatoms. The fourth-order valence-electron chi connectivity index (χ4n) is 3.97. The molecule has 2 aromatic carbocycles. The number of nitrogens with one attached hydrogen (secondary N) is 1. The number of hydrogen-bond acceptors (Lipinski definition) is 9. The molecule has 1 aliphatic rings. The van der Waals surface area contributed by atoms with Crippen LogP contribution in [0.2, 0.25) is 0 Å². The molecule has 1 fully saturated rings. The molecule has 0 aliphatic carbocycles. The molecule has 1 saturated heterocycles. The van der Waals surface area contributed by atoms with E-state index in [1.165, 1.54) is 37.4 Å². The first-order valence-corrected chi connectivity index (χ1v) is 12.0. The lowest BCUT2D eigenvalue weighted by Crippen LogP contribution is -2.59. The zero-order valence-electron chi connectivity index (χ0n) is 21.5. The van der Waals surface area contributed by atoms with Crippen molar-refractivity contribution < 1.29 is 50.8 Å². The highest BCUT2D eigenvalue weighted by molar-refractivity contribution is 5.55. The van der Waals surface area contributed by atoms with Crippen molar-refractivity contribution in [2.24, 2.45) is 0 Å². The van der Waals surface area contributed by atoms with Crippen molar-refractivity contribution in [1.29, 1.82) is 0 Å². The van der Waals surface area contributed by atoms with Crippen molar-refractivity contribution in [3.05, 3.63) is 60.4 Å². The van der Waals surface area contributed by atoms with Gasteiger partial charge >= 0.3 is 12.3 Å². The van der Waals surface area contributed by atoms with E-state index in [2.05, 4.69) is 20.3 Å². The summed E-state index contributed by atoms with van der Waals surface area (Å²) >= 11 is 0. The van der Waals surface area contributed by atoms with Crippen LogP contribution in [0.4, 0.5) is 22.0 Å². The lowest BCUT2D eigenvalue weighted by atomic mass is 10.00. The van der Waals surface area contributed by atoms with Gasteiger partial charge in [0.05, 0.1) is 11.8 Å². The maximum Gasteiger partial charge on any atom is 0.499 e. The molecule has 0 spiro atoms. The van der Waals surface area contributed by atoms with Crippen LogP contribution in [-0.4, -0.2) is 77.1 Å². The van der Waals surface area contributed by atoms with E-state index in [1.54, 1.807) is 19.1 Å². The Morgan fingerprint density at radius 3 is 2.23 bits per heavy atom. The summed E-state index contributed by atoms with van der Waals surface area (Å²) in [6.45, 7) is 2.02. The van der Waals surface area contributed by atoms with Gasteiger partial charge in [0, 0.05) is 26.3 Å². The van der Waals surface area contributed by atoms with E-state index in [4.69, 9.17) is 19.0 Å². The highest BCUT2D eigenvalue weighted by atomic mass is 19.4. The Hall–Kier alpha value is -3.21. The van der Waals surface area contributed by atoms with Gasteiger partial charge in [-0.25, -0.2) is 9.67 Å². The summed E-state index contributed by atoms with van der Waals surface area (Å²) in [5, 5.41) is 14.6. The van der Waals surface area contributed by atoms with Crippen molar-refractivity contribution in [3.63, 3.8) is 0 Å². The van der Waals surface area contributed by atoms with Crippen LogP contribution >= 0.6 is 0 Å². The molecule has 10 nitrogen and oxygen atoms in total. The van der Waals surface area contributed by atoms with Gasteiger partial charge in [0.15, 0.2) is 5.82 Å². The van der Waals surface area contributed by atoms with E-state index in [-0.39, 0.29) is 0 Å². The van der Waals surface area contributed by atoms with Crippen molar-refractivity contribution in [3.8, 4) is 22.8 Å². The summed E-state index contributed by atoms with van der Waals surface area (Å²) < 4.78 is 84.7. The third-order valence-corrected chi connectivity index (χ3v) is 6.16. The van der Waals surface area contributed by atoms with Crippen molar-refractivity contribution in [1.82, 2.24) is 20.2 Å². The van der Waals surface area contributed by atoms with E-state index < -0.39 is 48.7 Å². The Labute approximate surface area is 225 Å². The first kappa shape index (κ1) is 29.8. The molecule has 40 heavy (non-hydrogen) atoms. The quantitative estimate of drug-likeness (QED) is 0.277. The van der Waals surface area contributed by atoms with Crippen LogP contribution in [-0.2, 0) is 25.6 Å². The number of methoxy groups -OCH3 is 2. The lowest BCUT2D eigenvalue weighted by molar-refractivity contribution is -0.360. The molecule has 2 heterocycles. The maximum atomic E-state index is 13.1. The number of aliphatic hydroxyl groups excluding tert-OH is 1. The van der Waals surface area contributed by atoms with Crippen LogP contribution in [0.25, 0.3) is 17.1 Å². The van der Waals surface area contributed by atoms with Crippen LogP contribution < -0.4 is 10.2 Å². The first-order chi connectivity index (χ1) is 18.9. The molecule has 1 aliphatic heterocycles. The monoisotopic (exact) mass is 574 g/mol. The normalized spacial score (nSPS) is 23.8. The second-order valence-corrected chi connectivity index (χ2v) is 8.86. The third-order valence-electron chi connectivity index (χ3n) is 6.16. The van der Waals surface area contributed by atoms with Gasteiger partial charge in [0.25, 0.3) is 0 Å². The smallest absolute Gasteiger partial charge is 0.426 e. The SMILES string of the molecule is CO[C@@H]1[C@@H](O)[C@H](C)O[C@@H](ONCc2ccc(-c3ncn(-c4ccc(OC(F)(F)C(F)(F)F)cc4)n3)cc2)[C@@H]1OC. The molecule has 218 valence electrons. The fraction of sp³-hybridized carbons (Fsp3) is 0.440. The number of halogens is 5. The van der Waals surface area contributed by atoms with Gasteiger partial charge in [-0.3, -0.25) is 4.84 Å². The summed E-state index contributed by atoms with van der Waals surface area (Å²) in [7, 11) is 2.94. The van der Waals surface area contributed by atoms with E-state index in [0.717, 1.165) is 17.7 Å². The van der Waals surface area contributed by atoms with Crippen LogP contribution in [0.15, 0.2) is 54.9 Å². The molecule has 2 N–H and O–H groups in total. The molecule has 4 rings (SSSR count). The van der Waals surface area contributed by atoms with Crippen LogP contribution in [0.5, 0.6) is 5.75 Å². The number of hydroxylamine groups is 1. The average Bonchev–Trinajstić information content (AvgIpc) is 3.40. The van der Waals surface area contributed by atoms with E-state index >= 15 is 0 Å². The number of alkyl halides is 5. The summed E-state index contributed by atoms with van der Waals surface area (Å²) in [6, 6.07) is 11.7. The van der Waals surface area contributed by atoms with Crippen LogP contribution in [0.3, 0.4) is 0 Å². The highest BCUT2D eigenvalue weighted by Crippen LogP contribution is 2.37. The number of benzene rings is 2. The number of rotatable bonds is 10. The van der Waals surface area contributed by atoms with Gasteiger partial charge in [0.1, 0.15) is 30.4 Å². The van der Waals surface area contributed by atoms with Gasteiger partial charge in [-0.1, -0.05) is 24.3 Å². The fourth-order valence-corrected chi connectivity index (χ4v) is 3.97. The Balaban J connectivity index is 1.33. The molecular formula is C25H27F5N4O6. The van der Waals surface area contributed by atoms with Gasteiger partial charge in [0.2, 0.25) is 6.29 Å². The molecule has 3 aromatic rings. The van der Waals surface area contributed by atoms with E-state index in [1.807, 2.05) is 12.1 Å².